The summed E-state index contributed by atoms with van der Waals surface area (Å²) in [6, 6.07) is 12.0. The zero-order valence-electron chi connectivity index (χ0n) is 11.2. The molecule has 0 saturated carbocycles. The van der Waals surface area contributed by atoms with E-state index < -0.39 is 0 Å². The normalized spacial score (nSPS) is 10.4. The van der Waals surface area contributed by atoms with Crippen molar-refractivity contribution in [3.8, 4) is 5.88 Å². The van der Waals surface area contributed by atoms with Gasteiger partial charge in [-0.05, 0) is 29.7 Å². The first-order valence-corrected chi connectivity index (χ1v) is 6.45. The number of benzene rings is 1. The summed E-state index contributed by atoms with van der Waals surface area (Å²) in [5.74, 6) is 0.642. The average molecular weight is 265 g/mol. The van der Waals surface area contributed by atoms with E-state index in [-0.39, 0.29) is 0 Å². The van der Waals surface area contributed by atoms with Crippen molar-refractivity contribution in [2.75, 3.05) is 12.4 Å². The Morgan fingerprint density at radius 2 is 2.10 bits per heavy atom. The lowest BCUT2D eigenvalue weighted by atomic mass is 10.1. The van der Waals surface area contributed by atoms with Crippen molar-refractivity contribution in [1.82, 2.24) is 9.97 Å². The molecule has 0 spiro atoms. The first-order chi connectivity index (χ1) is 9.86. The van der Waals surface area contributed by atoms with Crippen LogP contribution < -0.4 is 10.1 Å². The van der Waals surface area contributed by atoms with Crippen LogP contribution in [0.3, 0.4) is 0 Å². The highest BCUT2D eigenvalue weighted by molar-refractivity contribution is 5.89. The van der Waals surface area contributed by atoms with E-state index >= 15 is 0 Å². The van der Waals surface area contributed by atoms with Gasteiger partial charge in [0.1, 0.15) is 6.61 Å². The number of ether oxygens (including phenoxy) is 1. The zero-order valence-corrected chi connectivity index (χ0v) is 11.2. The predicted octanol–water partition coefficient (Wildman–Crippen LogP) is 3.25. The largest absolute Gasteiger partial charge is 0.472 e. The molecule has 0 aliphatic carbocycles. The lowest BCUT2D eigenvalue weighted by molar-refractivity contribution is 0.297. The molecule has 0 radical (unpaired) electrons. The second-order valence-electron chi connectivity index (χ2n) is 4.45. The predicted molar refractivity (Wildman–Crippen MR) is 79.9 cm³/mol. The van der Waals surface area contributed by atoms with Crippen molar-refractivity contribution in [2.24, 2.45) is 0 Å². The Morgan fingerprint density at radius 3 is 2.90 bits per heavy atom. The lowest BCUT2D eigenvalue weighted by Gasteiger charge is -2.09. The maximum atomic E-state index is 5.83. The van der Waals surface area contributed by atoms with E-state index in [4.69, 9.17) is 4.74 Å². The molecule has 4 heteroatoms. The van der Waals surface area contributed by atoms with Gasteiger partial charge in [-0.2, -0.15) is 0 Å². The summed E-state index contributed by atoms with van der Waals surface area (Å²) in [6.45, 7) is 0.462. The highest BCUT2D eigenvalue weighted by atomic mass is 16.5. The van der Waals surface area contributed by atoms with Gasteiger partial charge in [0, 0.05) is 42.3 Å². The molecule has 1 N–H and O–H groups in total. The molecule has 0 bridgehead atoms. The molecule has 0 unspecified atom stereocenters. The molecule has 0 saturated heterocycles. The van der Waals surface area contributed by atoms with E-state index in [9.17, 15) is 0 Å². The second-order valence-corrected chi connectivity index (χ2v) is 4.45. The molecule has 3 aromatic rings. The standard InChI is InChI=1S/C16H15N3O/c1-17-14-5-4-13-6-8-19-16(15(13)9-14)20-11-12-3-2-7-18-10-12/h2-10,17H,11H2,1H3. The van der Waals surface area contributed by atoms with Gasteiger partial charge >= 0.3 is 0 Å². The summed E-state index contributed by atoms with van der Waals surface area (Å²) in [7, 11) is 1.90. The van der Waals surface area contributed by atoms with Crippen LogP contribution in [0, 0.1) is 0 Å². The number of aromatic nitrogens is 2. The van der Waals surface area contributed by atoms with Gasteiger partial charge < -0.3 is 10.1 Å². The number of nitrogens with zero attached hydrogens (tertiary/aromatic N) is 2. The van der Waals surface area contributed by atoms with Gasteiger partial charge in [0.15, 0.2) is 0 Å². The second kappa shape index (κ2) is 5.57. The fraction of sp³-hybridized carbons (Fsp3) is 0.125. The van der Waals surface area contributed by atoms with Crippen LogP contribution in [0.5, 0.6) is 5.88 Å². The number of rotatable bonds is 4. The Balaban J connectivity index is 1.90. The third-order valence-corrected chi connectivity index (χ3v) is 3.12. The Bertz CT molecular complexity index is 713. The lowest BCUT2D eigenvalue weighted by Crippen LogP contribution is -1.98. The van der Waals surface area contributed by atoms with Crippen molar-refractivity contribution in [3.05, 3.63) is 60.6 Å². The minimum Gasteiger partial charge on any atom is -0.472 e. The molecule has 2 aromatic heterocycles. The van der Waals surface area contributed by atoms with Crippen molar-refractivity contribution >= 4 is 16.5 Å². The van der Waals surface area contributed by atoms with Crippen LogP contribution in [0.4, 0.5) is 5.69 Å². The molecule has 2 heterocycles. The Hall–Kier alpha value is -2.62. The van der Waals surface area contributed by atoms with Crippen LogP contribution >= 0.6 is 0 Å². The van der Waals surface area contributed by atoms with Crippen LogP contribution in [0.1, 0.15) is 5.56 Å². The zero-order chi connectivity index (χ0) is 13.8. The number of nitrogens with one attached hydrogen (secondary N) is 1. The van der Waals surface area contributed by atoms with E-state index in [1.54, 1.807) is 18.6 Å². The molecule has 0 amide bonds. The molecule has 4 nitrogen and oxygen atoms in total. The third-order valence-electron chi connectivity index (χ3n) is 3.12. The highest BCUT2D eigenvalue weighted by Crippen LogP contribution is 2.26. The summed E-state index contributed by atoms with van der Waals surface area (Å²) in [5, 5.41) is 5.24. The molecule has 0 aliphatic heterocycles. The van der Waals surface area contributed by atoms with Gasteiger partial charge in [-0.3, -0.25) is 4.98 Å². The Morgan fingerprint density at radius 1 is 1.15 bits per heavy atom. The summed E-state index contributed by atoms with van der Waals surface area (Å²) >= 11 is 0. The van der Waals surface area contributed by atoms with Gasteiger partial charge in [-0.15, -0.1) is 0 Å². The fourth-order valence-electron chi connectivity index (χ4n) is 2.05. The third kappa shape index (κ3) is 2.54. The maximum absolute atomic E-state index is 5.83. The molecule has 0 atom stereocenters. The number of hydrogen-bond acceptors (Lipinski definition) is 4. The number of hydrogen-bond donors (Lipinski definition) is 1. The number of anilines is 1. The quantitative estimate of drug-likeness (QED) is 0.786. The van der Waals surface area contributed by atoms with Gasteiger partial charge in [-0.25, -0.2) is 4.98 Å². The van der Waals surface area contributed by atoms with Crippen LogP contribution in [-0.2, 0) is 6.61 Å². The maximum Gasteiger partial charge on any atom is 0.221 e. The van der Waals surface area contributed by atoms with Gasteiger partial charge in [0.25, 0.3) is 0 Å². The van der Waals surface area contributed by atoms with Crippen molar-refractivity contribution in [1.29, 1.82) is 0 Å². The molecule has 0 aliphatic rings. The molecule has 100 valence electrons. The number of pyridine rings is 2. The molecular weight excluding hydrogens is 250 g/mol. The van der Waals surface area contributed by atoms with E-state index in [1.165, 1.54) is 0 Å². The van der Waals surface area contributed by atoms with Gasteiger partial charge in [0.05, 0.1) is 0 Å². The molecule has 3 rings (SSSR count). The van der Waals surface area contributed by atoms with Crippen LogP contribution in [-0.4, -0.2) is 17.0 Å². The average Bonchev–Trinajstić information content (AvgIpc) is 2.53. The van der Waals surface area contributed by atoms with Gasteiger partial charge in [0.2, 0.25) is 5.88 Å². The van der Waals surface area contributed by atoms with E-state index in [1.807, 2.05) is 37.4 Å². The summed E-state index contributed by atoms with van der Waals surface area (Å²) in [4.78, 5) is 8.40. The highest BCUT2D eigenvalue weighted by Gasteiger charge is 2.05. The summed E-state index contributed by atoms with van der Waals surface area (Å²) in [6.07, 6.45) is 5.31. The van der Waals surface area contributed by atoms with E-state index in [0.29, 0.717) is 12.5 Å². The van der Waals surface area contributed by atoms with Crippen LogP contribution in [0.15, 0.2) is 55.0 Å². The monoisotopic (exact) mass is 265 g/mol. The Labute approximate surface area is 117 Å². The topological polar surface area (TPSA) is 47.0 Å². The minimum absolute atomic E-state index is 0.462. The van der Waals surface area contributed by atoms with E-state index in [0.717, 1.165) is 22.0 Å². The summed E-state index contributed by atoms with van der Waals surface area (Å²) in [5.41, 5.74) is 2.06. The molecular formula is C16H15N3O. The fourth-order valence-corrected chi connectivity index (χ4v) is 2.05. The van der Waals surface area contributed by atoms with E-state index in [2.05, 4.69) is 21.4 Å². The summed E-state index contributed by atoms with van der Waals surface area (Å²) < 4.78 is 5.83. The van der Waals surface area contributed by atoms with Crippen molar-refractivity contribution in [3.63, 3.8) is 0 Å². The SMILES string of the molecule is CNc1ccc2ccnc(OCc3cccnc3)c2c1. The Kier molecular flexibility index (Phi) is 3.46. The van der Waals surface area contributed by atoms with Crippen molar-refractivity contribution in [2.45, 2.75) is 6.61 Å². The first kappa shape index (κ1) is 12.4. The van der Waals surface area contributed by atoms with Crippen LogP contribution in [0.25, 0.3) is 10.8 Å². The van der Waals surface area contributed by atoms with Crippen molar-refractivity contribution < 1.29 is 4.74 Å². The minimum atomic E-state index is 0.462. The number of fused-ring (bicyclic) bond motifs is 1. The smallest absolute Gasteiger partial charge is 0.221 e. The molecule has 0 fully saturated rings. The molecule has 20 heavy (non-hydrogen) atoms. The van der Waals surface area contributed by atoms with Gasteiger partial charge in [-0.1, -0.05) is 12.1 Å². The first-order valence-electron chi connectivity index (χ1n) is 6.45. The van der Waals surface area contributed by atoms with Crippen LogP contribution in [0.2, 0.25) is 0 Å². The molecule has 1 aromatic carbocycles.